The van der Waals surface area contributed by atoms with Gasteiger partial charge in [-0.2, -0.15) is 0 Å². The van der Waals surface area contributed by atoms with Crippen LogP contribution in [0.5, 0.6) is 0 Å². The molecule has 3 N–H and O–H groups in total. The fourth-order valence-corrected chi connectivity index (χ4v) is 4.27. The maximum absolute atomic E-state index is 11.5. The number of hydrogen-bond acceptors (Lipinski definition) is 4. The largest absolute Gasteiger partial charge is 0.478 e. The van der Waals surface area contributed by atoms with Gasteiger partial charge in [0, 0.05) is 23.9 Å². The lowest BCUT2D eigenvalue weighted by atomic mass is 10.1. The first kappa shape index (κ1) is 26.2. The Labute approximate surface area is 207 Å². The summed E-state index contributed by atoms with van der Waals surface area (Å²) in [6.45, 7) is 7.80. The Kier molecular flexibility index (Phi) is 8.12. The molecule has 0 aliphatic heterocycles. The molecule has 0 bridgehead atoms. The van der Waals surface area contributed by atoms with Crippen molar-refractivity contribution in [3.05, 3.63) is 65.0 Å². The molecule has 0 saturated heterocycles. The van der Waals surface area contributed by atoms with Crippen molar-refractivity contribution in [2.45, 2.75) is 53.1 Å². The average Bonchev–Trinajstić information content (AvgIpc) is 3.18. The van der Waals surface area contributed by atoms with Crippen molar-refractivity contribution in [3.63, 3.8) is 0 Å². The van der Waals surface area contributed by atoms with Crippen LogP contribution in [-0.2, 0) is 19.5 Å². The third-order valence-electron chi connectivity index (χ3n) is 5.80. The number of carboxylic acids is 1. The van der Waals surface area contributed by atoms with Gasteiger partial charge in [0.25, 0.3) is 0 Å². The molecule has 0 saturated carbocycles. The molecule has 2 aromatic carbocycles. The lowest BCUT2D eigenvalue weighted by Gasteiger charge is -2.24. The zero-order valence-electron chi connectivity index (χ0n) is 21.8. The molecule has 7 nitrogen and oxygen atoms in total. The summed E-state index contributed by atoms with van der Waals surface area (Å²) in [6.07, 6.45) is 2.94. The maximum Gasteiger partial charge on any atom is 0.335 e. The summed E-state index contributed by atoms with van der Waals surface area (Å²) in [6, 6.07) is 13.7. The Balaban J connectivity index is 0.00000167. The number of nitrogen functional groups attached to an aromatic ring is 1. The molecule has 4 rings (SSSR count). The van der Waals surface area contributed by atoms with Crippen molar-refractivity contribution < 1.29 is 14.4 Å². The number of aryl methyl sites for hydroxylation is 1. The Hall–Kier alpha value is -3.45. The van der Waals surface area contributed by atoms with E-state index in [9.17, 15) is 9.90 Å². The van der Waals surface area contributed by atoms with Gasteiger partial charge in [0.05, 0.1) is 37.7 Å². The summed E-state index contributed by atoms with van der Waals surface area (Å²) in [7, 11) is 6.56. The number of benzene rings is 2. The number of rotatable bonds is 8. The van der Waals surface area contributed by atoms with Crippen LogP contribution in [0.1, 0.15) is 60.9 Å². The van der Waals surface area contributed by atoms with Crippen LogP contribution in [0.4, 0.5) is 5.82 Å². The first-order valence-corrected chi connectivity index (χ1v) is 12.4. The van der Waals surface area contributed by atoms with Crippen molar-refractivity contribution >= 4 is 33.7 Å². The van der Waals surface area contributed by atoms with Crippen LogP contribution < -0.4 is 5.73 Å². The van der Waals surface area contributed by atoms with Crippen LogP contribution in [-0.4, -0.2) is 51.2 Å². The molecule has 0 radical (unpaired) electrons. The summed E-state index contributed by atoms with van der Waals surface area (Å²) in [5, 5.41) is 10.3. The van der Waals surface area contributed by atoms with Crippen LogP contribution in [0, 0.1) is 0 Å². The monoisotopic (exact) mass is 476 g/mol. The van der Waals surface area contributed by atoms with E-state index < -0.39 is 5.97 Å². The molecular weight excluding hydrogens is 438 g/mol. The maximum atomic E-state index is 11.5. The molecule has 0 aliphatic carbocycles. The van der Waals surface area contributed by atoms with E-state index in [1.165, 1.54) is 11.1 Å². The average molecular weight is 477 g/mol. The second-order valence-electron chi connectivity index (χ2n) is 9.71. The smallest absolute Gasteiger partial charge is 0.335 e. The summed E-state index contributed by atoms with van der Waals surface area (Å²) in [4.78, 5) is 20.8. The fourth-order valence-electron chi connectivity index (χ4n) is 4.27. The number of aromatic carboxylic acids is 1. The molecule has 0 aliphatic rings. The first-order valence-electron chi connectivity index (χ1n) is 12.4. The van der Waals surface area contributed by atoms with Gasteiger partial charge in [-0.3, -0.25) is 0 Å². The Morgan fingerprint density at radius 1 is 1.03 bits per heavy atom. The lowest BCUT2D eigenvalue weighted by molar-refractivity contribution is -0.884. The number of nitrogens with two attached hydrogens (primary N) is 1. The van der Waals surface area contributed by atoms with Gasteiger partial charge in [0.2, 0.25) is 0 Å². The van der Waals surface area contributed by atoms with E-state index in [0.29, 0.717) is 23.4 Å². The molecule has 186 valence electrons. The number of anilines is 1. The van der Waals surface area contributed by atoms with Crippen LogP contribution >= 0.6 is 0 Å². The minimum absolute atomic E-state index is 0.193. The summed E-state index contributed by atoms with van der Waals surface area (Å²) >= 11 is 0. The number of carbonyl (C=O) groups is 1. The molecule has 2 heterocycles. The number of nitrogens with zero attached hydrogens (tertiary/aromatic N) is 4. The molecule has 4 aromatic rings. The number of hydrogen-bond donors (Lipinski definition) is 2. The van der Waals surface area contributed by atoms with Crippen LogP contribution in [0.25, 0.3) is 21.9 Å². The molecule has 7 heteroatoms. The number of imidazole rings is 1. The Bertz CT molecular complexity index is 1320. The number of carboxylic acid groups (broad SMARTS) is 1. The molecule has 0 unspecified atom stereocenters. The van der Waals surface area contributed by atoms with Gasteiger partial charge in [0.15, 0.2) is 5.82 Å². The number of quaternary nitrogens is 1. The highest BCUT2D eigenvalue weighted by atomic mass is 16.4. The van der Waals surface area contributed by atoms with E-state index in [2.05, 4.69) is 61.9 Å². The van der Waals surface area contributed by atoms with Gasteiger partial charge in [-0.05, 0) is 30.2 Å². The van der Waals surface area contributed by atoms with E-state index >= 15 is 0 Å². The number of pyridine rings is 1. The summed E-state index contributed by atoms with van der Waals surface area (Å²) in [5.74, 6) is 0.323. The van der Waals surface area contributed by atoms with Gasteiger partial charge >= 0.3 is 5.97 Å². The highest BCUT2D eigenvalue weighted by Gasteiger charge is 2.19. The Morgan fingerprint density at radius 3 is 2.29 bits per heavy atom. The quantitative estimate of drug-likeness (QED) is 0.328. The van der Waals surface area contributed by atoms with E-state index in [4.69, 9.17) is 10.7 Å². The molecule has 2 aromatic heterocycles. The van der Waals surface area contributed by atoms with E-state index in [0.717, 1.165) is 47.0 Å². The van der Waals surface area contributed by atoms with Gasteiger partial charge in [0.1, 0.15) is 17.9 Å². The fraction of sp³-hybridized carbons (Fsp3) is 0.393. The number of fused-ring (bicyclic) bond motifs is 3. The Morgan fingerprint density at radius 2 is 1.69 bits per heavy atom. The van der Waals surface area contributed by atoms with Gasteiger partial charge in [-0.25, -0.2) is 14.8 Å². The summed E-state index contributed by atoms with van der Waals surface area (Å²) < 4.78 is 3.10. The third kappa shape index (κ3) is 5.98. The van der Waals surface area contributed by atoms with Gasteiger partial charge in [-0.1, -0.05) is 51.5 Å². The van der Waals surface area contributed by atoms with Crippen molar-refractivity contribution in [2.75, 3.05) is 26.9 Å². The zero-order valence-corrected chi connectivity index (χ0v) is 21.8. The van der Waals surface area contributed by atoms with Crippen molar-refractivity contribution in [1.29, 1.82) is 0 Å². The minimum atomic E-state index is -0.983. The van der Waals surface area contributed by atoms with Crippen molar-refractivity contribution in [1.82, 2.24) is 14.5 Å². The van der Waals surface area contributed by atoms with E-state index in [1.807, 2.05) is 19.9 Å². The van der Waals surface area contributed by atoms with Crippen LogP contribution in [0.15, 0.2) is 42.5 Å². The van der Waals surface area contributed by atoms with E-state index in [-0.39, 0.29) is 5.56 Å². The predicted octanol–water partition coefficient (Wildman–Crippen LogP) is 5.49. The summed E-state index contributed by atoms with van der Waals surface area (Å²) in [5.41, 5.74) is 11.1. The third-order valence-corrected chi connectivity index (χ3v) is 5.80. The first-order chi connectivity index (χ1) is 16.7. The lowest BCUT2D eigenvalue weighted by Crippen LogP contribution is -2.33. The minimum Gasteiger partial charge on any atom is -0.478 e. The van der Waals surface area contributed by atoms with Crippen LogP contribution in [0.2, 0.25) is 0 Å². The molecular formula is C28H38N5O2+. The normalized spacial score (nSPS) is 11.5. The standard InChI is InChI=1S/C26H31N5O2.C2H6/c1-5-6-7-22-29-23-24(20-13-12-19(26(32)33)14-21(20)28-25(23)27)30(22)15-17-8-10-18(11-9-17)16-31(2,3)4;1-2/h8-14H,5-7,15-16H2,1-4H3,(H2-,27,28,32,33);1-2H3/p+1. The van der Waals surface area contributed by atoms with Crippen molar-refractivity contribution in [3.8, 4) is 0 Å². The zero-order chi connectivity index (χ0) is 25.8. The second-order valence-corrected chi connectivity index (χ2v) is 9.71. The SMILES string of the molecule is CC.CCCCc1nc2c(N)nc3cc(C(=O)O)ccc3c2n1Cc1ccc(C[N+](C)(C)C)cc1. The highest BCUT2D eigenvalue weighted by molar-refractivity contribution is 6.08. The molecule has 0 spiro atoms. The predicted molar refractivity (Wildman–Crippen MR) is 144 cm³/mol. The number of unbranched alkanes of at least 4 members (excludes halogenated alkanes) is 1. The highest BCUT2D eigenvalue weighted by Crippen LogP contribution is 2.31. The van der Waals surface area contributed by atoms with Crippen LogP contribution in [0.3, 0.4) is 0 Å². The van der Waals surface area contributed by atoms with Gasteiger partial charge in [-0.15, -0.1) is 0 Å². The second kappa shape index (κ2) is 10.9. The van der Waals surface area contributed by atoms with E-state index in [1.54, 1.807) is 12.1 Å². The number of aromatic nitrogens is 3. The molecule has 0 atom stereocenters. The topological polar surface area (TPSA) is 94.0 Å². The molecule has 0 fully saturated rings. The molecule has 0 amide bonds. The molecule has 35 heavy (non-hydrogen) atoms. The van der Waals surface area contributed by atoms with Crippen molar-refractivity contribution in [2.24, 2.45) is 0 Å². The van der Waals surface area contributed by atoms with Gasteiger partial charge < -0.3 is 19.9 Å².